The molecule has 3 aromatic rings. The number of fused-ring (bicyclic) bond motifs is 2. The van der Waals surface area contributed by atoms with Crippen molar-refractivity contribution in [2.75, 3.05) is 7.11 Å². The number of nitrogens with zero attached hydrogens (tertiary/aromatic N) is 3. The van der Waals surface area contributed by atoms with Crippen molar-refractivity contribution in [3.8, 4) is 16.9 Å². The van der Waals surface area contributed by atoms with Crippen LogP contribution in [0, 0.1) is 6.92 Å². The molecular formula is C17H15Cl2N3O. The van der Waals surface area contributed by atoms with E-state index < -0.39 is 0 Å². The lowest BCUT2D eigenvalue weighted by molar-refractivity contribution is 0.415. The highest BCUT2D eigenvalue weighted by Gasteiger charge is 2.23. The molecule has 0 amide bonds. The van der Waals surface area contributed by atoms with Gasteiger partial charge in [0, 0.05) is 16.8 Å². The van der Waals surface area contributed by atoms with Gasteiger partial charge in [0.15, 0.2) is 5.65 Å². The minimum absolute atomic E-state index is 0.612. The van der Waals surface area contributed by atoms with Crippen LogP contribution < -0.4 is 4.74 Å². The molecule has 1 aliphatic carbocycles. The molecule has 0 atom stereocenters. The number of rotatable bonds is 2. The minimum atomic E-state index is 0.612. The van der Waals surface area contributed by atoms with Crippen molar-refractivity contribution in [1.82, 2.24) is 14.6 Å². The van der Waals surface area contributed by atoms with E-state index in [9.17, 15) is 0 Å². The van der Waals surface area contributed by atoms with Gasteiger partial charge in [-0.3, -0.25) is 0 Å². The van der Waals surface area contributed by atoms with Crippen LogP contribution in [0.4, 0.5) is 0 Å². The molecule has 6 heteroatoms. The fourth-order valence-corrected chi connectivity index (χ4v) is 3.81. The monoisotopic (exact) mass is 347 g/mol. The predicted octanol–water partition coefficient (Wildman–Crippen LogP) is 4.51. The molecule has 4 nitrogen and oxygen atoms in total. The standard InChI is InChI=1S/C17H15Cl2N3O/c1-9-15(11-7-6-10(23-2)8-13(11)18)17-20-14-5-3-4-12(14)16(19)22(17)21-9/h6-8H,3-5H2,1-2H3. The molecule has 0 aliphatic heterocycles. The van der Waals surface area contributed by atoms with E-state index in [1.807, 2.05) is 19.1 Å². The van der Waals surface area contributed by atoms with Crippen molar-refractivity contribution in [2.45, 2.75) is 26.2 Å². The summed E-state index contributed by atoms with van der Waals surface area (Å²) in [6.07, 6.45) is 3.02. The summed E-state index contributed by atoms with van der Waals surface area (Å²) in [6, 6.07) is 5.63. The lowest BCUT2D eigenvalue weighted by Gasteiger charge is -2.08. The maximum absolute atomic E-state index is 6.55. The van der Waals surface area contributed by atoms with Crippen LogP contribution in [0.15, 0.2) is 18.2 Å². The SMILES string of the molecule is COc1ccc(-c2c(C)nn3c(Cl)c4c(nc23)CCC4)c(Cl)c1. The zero-order chi connectivity index (χ0) is 16.1. The Hall–Kier alpha value is -1.78. The zero-order valence-electron chi connectivity index (χ0n) is 12.9. The number of methoxy groups -OCH3 is 1. The molecule has 1 aromatic carbocycles. The Kier molecular flexibility index (Phi) is 3.47. The number of hydrogen-bond donors (Lipinski definition) is 0. The Morgan fingerprint density at radius 2 is 2.04 bits per heavy atom. The highest BCUT2D eigenvalue weighted by atomic mass is 35.5. The smallest absolute Gasteiger partial charge is 0.165 e. The van der Waals surface area contributed by atoms with Gasteiger partial charge in [0.05, 0.1) is 23.4 Å². The van der Waals surface area contributed by atoms with E-state index in [2.05, 4.69) is 5.10 Å². The molecule has 23 heavy (non-hydrogen) atoms. The van der Waals surface area contributed by atoms with Crippen molar-refractivity contribution in [1.29, 1.82) is 0 Å². The highest BCUT2D eigenvalue weighted by molar-refractivity contribution is 6.34. The third-order valence-electron chi connectivity index (χ3n) is 4.35. The summed E-state index contributed by atoms with van der Waals surface area (Å²) in [5.74, 6) is 0.722. The molecular weight excluding hydrogens is 333 g/mol. The first kappa shape index (κ1) is 14.8. The van der Waals surface area contributed by atoms with Crippen LogP contribution in [0.3, 0.4) is 0 Å². The average molecular weight is 348 g/mol. The van der Waals surface area contributed by atoms with E-state index in [4.69, 9.17) is 32.9 Å². The molecule has 2 heterocycles. The van der Waals surface area contributed by atoms with Crippen molar-refractivity contribution < 1.29 is 4.74 Å². The number of halogens is 2. The molecule has 0 radical (unpaired) electrons. The maximum Gasteiger partial charge on any atom is 0.165 e. The second kappa shape index (κ2) is 5.39. The van der Waals surface area contributed by atoms with Gasteiger partial charge in [-0.25, -0.2) is 9.50 Å². The molecule has 0 saturated heterocycles. The largest absolute Gasteiger partial charge is 0.497 e. The van der Waals surface area contributed by atoms with Gasteiger partial charge in [-0.1, -0.05) is 23.2 Å². The topological polar surface area (TPSA) is 39.4 Å². The quantitative estimate of drug-likeness (QED) is 0.640. The first-order valence-corrected chi connectivity index (χ1v) is 8.26. The third-order valence-corrected chi connectivity index (χ3v) is 5.05. The zero-order valence-corrected chi connectivity index (χ0v) is 14.4. The molecule has 0 N–H and O–H groups in total. The first-order chi connectivity index (χ1) is 11.1. The van der Waals surface area contributed by atoms with Gasteiger partial charge in [-0.15, -0.1) is 0 Å². The van der Waals surface area contributed by atoms with Gasteiger partial charge >= 0.3 is 0 Å². The van der Waals surface area contributed by atoms with Gasteiger partial charge in [0.25, 0.3) is 0 Å². The molecule has 0 bridgehead atoms. The van der Waals surface area contributed by atoms with E-state index in [1.165, 1.54) is 0 Å². The summed E-state index contributed by atoms with van der Waals surface area (Å²) in [7, 11) is 1.62. The Morgan fingerprint density at radius 1 is 1.22 bits per heavy atom. The lowest BCUT2D eigenvalue weighted by Crippen LogP contribution is -2.00. The van der Waals surface area contributed by atoms with Crippen LogP contribution >= 0.6 is 23.2 Å². The number of ether oxygens (including phenoxy) is 1. The van der Waals surface area contributed by atoms with E-state index in [0.29, 0.717) is 10.2 Å². The van der Waals surface area contributed by atoms with Crippen molar-refractivity contribution in [2.24, 2.45) is 0 Å². The van der Waals surface area contributed by atoms with E-state index in [1.54, 1.807) is 17.7 Å². The Labute approximate surface area is 144 Å². The number of aromatic nitrogens is 3. The second-order valence-electron chi connectivity index (χ2n) is 5.72. The summed E-state index contributed by atoms with van der Waals surface area (Å²) in [5.41, 5.74) is 5.63. The molecule has 118 valence electrons. The van der Waals surface area contributed by atoms with Crippen molar-refractivity contribution >= 4 is 28.8 Å². The summed E-state index contributed by atoms with van der Waals surface area (Å²) >= 11 is 13.0. The van der Waals surface area contributed by atoms with Crippen LogP contribution in [0.1, 0.15) is 23.4 Å². The van der Waals surface area contributed by atoms with Gasteiger partial charge in [-0.05, 0) is 44.4 Å². The normalized spacial score (nSPS) is 13.6. The number of benzene rings is 1. The second-order valence-corrected chi connectivity index (χ2v) is 6.49. The molecule has 0 unspecified atom stereocenters. The predicted molar refractivity (Wildman–Crippen MR) is 91.8 cm³/mol. The Balaban J connectivity index is 2.01. The molecule has 4 rings (SSSR count). The van der Waals surface area contributed by atoms with Crippen LogP contribution in [0.25, 0.3) is 16.8 Å². The summed E-state index contributed by atoms with van der Waals surface area (Å²) in [5, 5.41) is 5.86. The molecule has 1 aliphatic rings. The van der Waals surface area contributed by atoms with Crippen LogP contribution in [-0.4, -0.2) is 21.7 Å². The first-order valence-electron chi connectivity index (χ1n) is 7.50. The molecule has 0 saturated carbocycles. The average Bonchev–Trinajstić information content (AvgIpc) is 3.12. The van der Waals surface area contributed by atoms with Gasteiger partial charge in [-0.2, -0.15) is 5.10 Å². The minimum Gasteiger partial charge on any atom is -0.497 e. The van der Waals surface area contributed by atoms with Crippen LogP contribution in [0.5, 0.6) is 5.75 Å². The van der Waals surface area contributed by atoms with E-state index >= 15 is 0 Å². The number of aryl methyl sites for hydroxylation is 2. The summed E-state index contributed by atoms with van der Waals surface area (Å²) < 4.78 is 6.96. The Morgan fingerprint density at radius 3 is 2.78 bits per heavy atom. The molecule has 2 aromatic heterocycles. The van der Waals surface area contributed by atoms with Crippen LogP contribution in [0.2, 0.25) is 10.2 Å². The maximum atomic E-state index is 6.55. The van der Waals surface area contributed by atoms with E-state index in [0.717, 1.165) is 58.7 Å². The van der Waals surface area contributed by atoms with Gasteiger partial charge in [0.2, 0.25) is 0 Å². The van der Waals surface area contributed by atoms with Gasteiger partial charge in [0.1, 0.15) is 10.9 Å². The van der Waals surface area contributed by atoms with Crippen LogP contribution in [-0.2, 0) is 12.8 Å². The summed E-state index contributed by atoms with van der Waals surface area (Å²) in [6.45, 7) is 1.95. The fraction of sp³-hybridized carbons (Fsp3) is 0.294. The van der Waals surface area contributed by atoms with Crippen molar-refractivity contribution in [3.63, 3.8) is 0 Å². The van der Waals surface area contributed by atoms with E-state index in [-0.39, 0.29) is 0 Å². The lowest BCUT2D eigenvalue weighted by atomic mass is 10.1. The van der Waals surface area contributed by atoms with Crippen molar-refractivity contribution in [3.05, 3.63) is 45.3 Å². The molecule has 0 fully saturated rings. The highest BCUT2D eigenvalue weighted by Crippen LogP contribution is 2.37. The fourth-order valence-electron chi connectivity index (χ4n) is 3.23. The van der Waals surface area contributed by atoms with Gasteiger partial charge < -0.3 is 4.74 Å². The third kappa shape index (κ3) is 2.20. The number of hydrogen-bond acceptors (Lipinski definition) is 3. The summed E-state index contributed by atoms with van der Waals surface area (Å²) in [4.78, 5) is 4.82. The Bertz CT molecular complexity index is 933. The molecule has 0 spiro atoms.